The van der Waals surface area contributed by atoms with Crippen molar-refractivity contribution in [3.63, 3.8) is 0 Å². The summed E-state index contributed by atoms with van der Waals surface area (Å²) in [4.78, 5) is 14.7. The fourth-order valence-corrected chi connectivity index (χ4v) is 3.19. The number of carbonyl (C=O) groups excluding carboxylic acids is 1. The molecule has 0 aliphatic carbocycles. The van der Waals surface area contributed by atoms with Gasteiger partial charge < -0.3 is 10.2 Å². The van der Waals surface area contributed by atoms with Crippen LogP contribution in [0.2, 0.25) is 10.0 Å². The van der Waals surface area contributed by atoms with E-state index in [2.05, 4.69) is 5.32 Å². The van der Waals surface area contributed by atoms with Crippen LogP contribution in [-0.4, -0.2) is 37.0 Å². The van der Waals surface area contributed by atoms with Gasteiger partial charge in [-0.2, -0.15) is 0 Å². The number of rotatable bonds is 4. The highest BCUT2D eigenvalue weighted by atomic mass is 35.5. The van der Waals surface area contributed by atoms with Crippen LogP contribution in [0.5, 0.6) is 0 Å². The summed E-state index contributed by atoms with van der Waals surface area (Å²) in [5.74, 6) is 0.0208. The minimum Gasteiger partial charge on any atom is -0.336 e. The van der Waals surface area contributed by atoms with E-state index in [4.69, 9.17) is 23.2 Å². The lowest BCUT2D eigenvalue weighted by molar-refractivity contribution is 0.0603. The Morgan fingerprint density at radius 3 is 2.90 bits per heavy atom. The van der Waals surface area contributed by atoms with Gasteiger partial charge in [0.2, 0.25) is 0 Å². The van der Waals surface area contributed by atoms with Crippen LogP contribution in [0.25, 0.3) is 0 Å². The second kappa shape index (κ2) is 7.30. The van der Waals surface area contributed by atoms with Gasteiger partial charge in [0.05, 0.1) is 10.6 Å². The number of likely N-dealkylation sites (tertiary alicyclic amines) is 1. The zero-order valence-electron chi connectivity index (χ0n) is 11.7. The van der Waals surface area contributed by atoms with Crippen molar-refractivity contribution in [3.8, 4) is 0 Å². The molecule has 0 spiro atoms. The highest BCUT2D eigenvalue weighted by Gasteiger charge is 2.28. The van der Waals surface area contributed by atoms with Gasteiger partial charge in [-0.25, -0.2) is 0 Å². The Morgan fingerprint density at radius 2 is 2.20 bits per heavy atom. The minimum atomic E-state index is 0.0208. The first-order valence-corrected chi connectivity index (χ1v) is 7.79. The Hall–Kier alpha value is -0.770. The van der Waals surface area contributed by atoms with Gasteiger partial charge in [0.25, 0.3) is 5.91 Å². The molecule has 2 rings (SSSR count). The first-order valence-electron chi connectivity index (χ1n) is 7.04. The molecule has 1 atom stereocenters. The Labute approximate surface area is 130 Å². The van der Waals surface area contributed by atoms with Crippen molar-refractivity contribution in [2.75, 3.05) is 20.1 Å². The largest absolute Gasteiger partial charge is 0.336 e. The first kappa shape index (κ1) is 15.6. The molecule has 1 heterocycles. The number of hydrogen-bond donors (Lipinski definition) is 1. The maximum Gasteiger partial charge on any atom is 0.255 e. The van der Waals surface area contributed by atoms with Gasteiger partial charge in [0, 0.05) is 17.6 Å². The molecule has 1 aromatic carbocycles. The number of hydrogen-bond acceptors (Lipinski definition) is 2. The predicted octanol–water partition coefficient (Wildman–Crippen LogP) is 3.60. The first-order chi connectivity index (χ1) is 9.63. The lowest BCUT2D eigenvalue weighted by atomic mass is 9.98. The van der Waals surface area contributed by atoms with Crippen molar-refractivity contribution < 1.29 is 4.79 Å². The van der Waals surface area contributed by atoms with Crippen LogP contribution in [0.1, 0.15) is 36.0 Å². The number of halogens is 2. The van der Waals surface area contributed by atoms with Gasteiger partial charge in [-0.1, -0.05) is 23.2 Å². The second-order valence-electron chi connectivity index (χ2n) is 5.16. The molecule has 5 heteroatoms. The third-order valence-corrected chi connectivity index (χ3v) is 4.32. The molecule has 0 bridgehead atoms. The molecule has 1 saturated heterocycles. The van der Waals surface area contributed by atoms with E-state index in [9.17, 15) is 4.79 Å². The number of nitrogens with one attached hydrogen (secondary N) is 1. The number of piperidine rings is 1. The molecule has 20 heavy (non-hydrogen) atoms. The predicted molar refractivity (Wildman–Crippen MR) is 83.7 cm³/mol. The molecular formula is C15H20Cl2N2O. The lowest BCUT2D eigenvalue weighted by Gasteiger charge is -2.36. The van der Waals surface area contributed by atoms with Crippen LogP contribution in [0.3, 0.4) is 0 Å². The van der Waals surface area contributed by atoms with Gasteiger partial charge >= 0.3 is 0 Å². The fourth-order valence-electron chi connectivity index (χ4n) is 2.70. The van der Waals surface area contributed by atoms with Gasteiger partial charge in [0.15, 0.2) is 0 Å². The van der Waals surface area contributed by atoms with E-state index >= 15 is 0 Å². The molecule has 1 aliphatic rings. The summed E-state index contributed by atoms with van der Waals surface area (Å²) < 4.78 is 0. The molecule has 110 valence electrons. The number of amides is 1. The van der Waals surface area contributed by atoms with Crippen molar-refractivity contribution in [1.82, 2.24) is 10.2 Å². The summed E-state index contributed by atoms with van der Waals surface area (Å²) in [5.41, 5.74) is 0.549. The van der Waals surface area contributed by atoms with Crippen molar-refractivity contribution in [2.24, 2.45) is 0 Å². The van der Waals surface area contributed by atoms with Gasteiger partial charge in [-0.15, -0.1) is 0 Å². The van der Waals surface area contributed by atoms with Crippen LogP contribution < -0.4 is 5.32 Å². The van der Waals surface area contributed by atoms with Gasteiger partial charge in [-0.3, -0.25) is 4.79 Å². The normalized spacial score (nSPS) is 19.1. The van der Waals surface area contributed by atoms with E-state index < -0.39 is 0 Å². The molecule has 1 unspecified atom stereocenters. The van der Waals surface area contributed by atoms with Crippen molar-refractivity contribution in [2.45, 2.75) is 31.7 Å². The maximum atomic E-state index is 12.7. The summed E-state index contributed by atoms with van der Waals surface area (Å²) >= 11 is 12.0. The topological polar surface area (TPSA) is 32.3 Å². The van der Waals surface area contributed by atoms with E-state index in [1.165, 1.54) is 6.42 Å². The molecule has 1 fully saturated rings. The summed E-state index contributed by atoms with van der Waals surface area (Å²) in [6, 6.07) is 5.36. The molecule has 0 radical (unpaired) electrons. The van der Waals surface area contributed by atoms with E-state index in [1.807, 2.05) is 11.9 Å². The third kappa shape index (κ3) is 3.66. The second-order valence-corrected chi connectivity index (χ2v) is 6.01. The number of carbonyl (C=O) groups is 1. The van der Waals surface area contributed by atoms with E-state index in [0.29, 0.717) is 21.7 Å². The molecule has 0 aromatic heterocycles. The summed E-state index contributed by atoms with van der Waals surface area (Å²) in [6.07, 6.45) is 4.30. The summed E-state index contributed by atoms with van der Waals surface area (Å²) in [7, 11) is 1.94. The molecule has 1 N–H and O–H groups in total. The van der Waals surface area contributed by atoms with Crippen molar-refractivity contribution in [1.29, 1.82) is 0 Å². The van der Waals surface area contributed by atoms with Crippen LogP contribution in [0, 0.1) is 0 Å². The van der Waals surface area contributed by atoms with E-state index in [0.717, 1.165) is 32.4 Å². The SMILES string of the molecule is CNCCC1CCCCN1C(=O)c1ccc(Cl)cc1Cl. The molecule has 0 saturated carbocycles. The maximum absolute atomic E-state index is 12.7. The van der Waals surface area contributed by atoms with Crippen molar-refractivity contribution in [3.05, 3.63) is 33.8 Å². The monoisotopic (exact) mass is 314 g/mol. The average molecular weight is 315 g/mol. The average Bonchev–Trinajstić information content (AvgIpc) is 2.45. The Bertz CT molecular complexity index is 479. The molecule has 3 nitrogen and oxygen atoms in total. The number of benzene rings is 1. The Kier molecular flexibility index (Phi) is 5.70. The molecule has 1 aromatic rings. The number of nitrogens with zero attached hydrogens (tertiary/aromatic N) is 1. The fraction of sp³-hybridized carbons (Fsp3) is 0.533. The zero-order valence-corrected chi connectivity index (χ0v) is 13.2. The quantitative estimate of drug-likeness (QED) is 0.921. The standard InChI is InChI=1S/C15H20Cl2N2O/c1-18-8-7-12-4-2-3-9-19(12)15(20)13-6-5-11(16)10-14(13)17/h5-6,10,12,18H,2-4,7-9H2,1H3. The highest BCUT2D eigenvalue weighted by molar-refractivity contribution is 6.36. The van der Waals surface area contributed by atoms with Crippen LogP contribution in [0.4, 0.5) is 0 Å². The van der Waals surface area contributed by atoms with Crippen LogP contribution in [0.15, 0.2) is 18.2 Å². The molecule has 1 aliphatic heterocycles. The van der Waals surface area contributed by atoms with E-state index in [-0.39, 0.29) is 5.91 Å². The molecule has 1 amide bonds. The Balaban J connectivity index is 2.16. The summed E-state index contributed by atoms with van der Waals surface area (Å²) in [5, 5.41) is 4.14. The molecular weight excluding hydrogens is 295 g/mol. The van der Waals surface area contributed by atoms with Crippen LogP contribution >= 0.6 is 23.2 Å². The lowest BCUT2D eigenvalue weighted by Crippen LogP contribution is -2.44. The zero-order chi connectivity index (χ0) is 14.5. The smallest absolute Gasteiger partial charge is 0.255 e. The van der Waals surface area contributed by atoms with Crippen LogP contribution in [-0.2, 0) is 0 Å². The van der Waals surface area contributed by atoms with Gasteiger partial charge in [0.1, 0.15) is 0 Å². The highest BCUT2D eigenvalue weighted by Crippen LogP contribution is 2.26. The Morgan fingerprint density at radius 1 is 1.40 bits per heavy atom. The third-order valence-electron chi connectivity index (χ3n) is 3.78. The van der Waals surface area contributed by atoms with E-state index in [1.54, 1.807) is 18.2 Å². The van der Waals surface area contributed by atoms with Crippen molar-refractivity contribution >= 4 is 29.1 Å². The van der Waals surface area contributed by atoms with Gasteiger partial charge in [-0.05, 0) is 57.5 Å². The minimum absolute atomic E-state index is 0.0208. The summed E-state index contributed by atoms with van der Waals surface area (Å²) in [6.45, 7) is 1.73.